The third kappa shape index (κ3) is 3.58. The summed E-state index contributed by atoms with van der Waals surface area (Å²) in [6.45, 7) is 8.76. The topological polar surface area (TPSA) is 24.5 Å². The van der Waals surface area contributed by atoms with Gasteiger partial charge in [-0.2, -0.15) is 0 Å². The lowest BCUT2D eigenvalue weighted by Gasteiger charge is -2.41. The first-order chi connectivity index (χ1) is 9.51. The Labute approximate surface area is 127 Å². The van der Waals surface area contributed by atoms with Crippen LogP contribution in [0, 0.1) is 5.92 Å². The SMILES string of the molecule is COc1ccc(Cl)cc1N1CC(CC(C)C)NCC1C. The number of rotatable bonds is 4. The molecule has 1 saturated heterocycles. The number of anilines is 1. The lowest BCUT2D eigenvalue weighted by atomic mass is 9.99. The van der Waals surface area contributed by atoms with Crippen molar-refractivity contribution in [2.24, 2.45) is 5.92 Å². The fraction of sp³-hybridized carbons (Fsp3) is 0.625. The van der Waals surface area contributed by atoms with Crippen molar-refractivity contribution in [3.8, 4) is 5.75 Å². The van der Waals surface area contributed by atoms with Crippen molar-refractivity contribution in [3.05, 3.63) is 23.2 Å². The molecule has 1 fully saturated rings. The van der Waals surface area contributed by atoms with E-state index in [0.717, 1.165) is 29.5 Å². The lowest BCUT2D eigenvalue weighted by Crippen LogP contribution is -2.56. The van der Waals surface area contributed by atoms with E-state index in [-0.39, 0.29) is 0 Å². The van der Waals surface area contributed by atoms with Crippen LogP contribution in [-0.4, -0.2) is 32.3 Å². The fourth-order valence-electron chi connectivity index (χ4n) is 2.88. The van der Waals surface area contributed by atoms with Crippen LogP contribution in [0.3, 0.4) is 0 Å². The monoisotopic (exact) mass is 296 g/mol. The van der Waals surface area contributed by atoms with Crippen LogP contribution in [0.5, 0.6) is 5.75 Å². The lowest BCUT2D eigenvalue weighted by molar-refractivity contribution is 0.351. The molecule has 2 rings (SSSR count). The number of nitrogens with one attached hydrogen (secondary N) is 1. The van der Waals surface area contributed by atoms with Gasteiger partial charge in [-0.25, -0.2) is 0 Å². The molecule has 0 saturated carbocycles. The first-order valence-corrected chi connectivity index (χ1v) is 7.72. The molecule has 0 bridgehead atoms. The molecule has 0 amide bonds. The van der Waals surface area contributed by atoms with Crippen molar-refractivity contribution in [1.82, 2.24) is 5.32 Å². The molecule has 1 heterocycles. The van der Waals surface area contributed by atoms with Crippen LogP contribution < -0.4 is 15.0 Å². The number of hydrogen-bond donors (Lipinski definition) is 1. The molecule has 1 aliphatic rings. The number of ether oxygens (including phenoxy) is 1. The molecule has 112 valence electrons. The second kappa shape index (κ2) is 6.68. The summed E-state index contributed by atoms with van der Waals surface area (Å²) in [5.41, 5.74) is 1.10. The minimum Gasteiger partial charge on any atom is -0.495 e. The molecule has 0 aliphatic carbocycles. The van der Waals surface area contributed by atoms with E-state index in [9.17, 15) is 0 Å². The van der Waals surface area contributed by atoms with Gasteiger partial charge < -0.3 is 15.0 Å². The Morgan fingerprint density at radius 3 is 2.85 bits per heavy atom. The standard InChI is InChI=1S/C16H25ClN2O/c1-11(2)7-14-10-19(12(3)9-18-14)15-8-13(17)5-6-16(15)20-4/h5-6,8,11-12,14,18H,7,9-10H2,1-4H3. The zero-order valence-electron chi connectivity index (χ0n) is 12.8. The molecule has 1 aromatic carbocycles. The zero-order valence-corrected chi connectivity index (χ0v) is 13.6. The highest BCUT2D eigenvalue weighted by molar-refractivity contribution is 6.30. The van der Waals surface area contributed by atoms with Crippen molar-refractivity contribution in [2.45, 2.75) is 39.3 Å². The summed E-state index contributed by atoms with van der Waals surface area (Å²) >= 11 is 6.16. The molecule has 4 heteroatoms. The average molecular weight is 297 g/mol. The highest BCUT2D eigenvalue weighted by Gasteiger charge is 2.27. The maximum Gasteiger partial charge on any atom is 0.142 e. The Balaban J connectivity index is 2.22. The number of piperazine rings is 1. The summed E-state index contributed by atoms with van der Waals surface area (Å²) in [6, 6.07) is 6.79. The van der Waals surface area contributed by atoms with Crippen molar-refractivity contribution in [2.75, 3.05) is 25.1 Å². The van der Waals surface area contributed by atoms with Gasteiger partial charge in [0.25, 0.3) is 0 Å². The average Bonchev–Trinajstić information content (AvgIpc) is 2.40. The Bertz CT molecular complexity index is 450. The molecule has 0 radical (unpaired) electrons. The first-order valence-electron chi connectivity index (χ1n) is 7.34. The summed E-state index contributed by atoms with van der Waals surface area (Å²) in [6.07, 6.45) is 1.19. The molecule has 1 aliphatic heterocycles. The molecule has 1 N–H and O–H groups in total. The van der Waals surface area contributed by atoms with Crippen molar-refractivity contribution in [1.29, 1.82) is 0 Å². The minimum absolute atomic E-state index is 0.436. The fourth-order valence-corrected chi connectivity index (χ4v) is 3.05. The Hall–Kier alpha value is -0.930. The highest BCUT2D eigenvalue weighted by atomic mass is 35.5. The number of hydrogen-bond acceptors (Lipinski definition) is 3. The largest absolute Gasteiger partial charge is 0.495 e. The first kappa shape index (κ1) is 15.5. The smallest absolute Gasteiger partial charge is 0.142 e. The Morgan fingerprint density at radius 2 is 2.20 bits per heavy atom. The predicted octanol–water partition coefficient (Wildman–Crippen LogP) is 3.56. The second-order valence-electron chi connectivity index (χ2n) is 6.05. The third-order valence-electron chi connectivity index (χ3n) is 3.86. The second-order valence-corrected chi connectivity index (χ2v) is 6.49. The van der Waals surface area contributed by atoms with Gasteiger partial charge in [-0.1, -0.05) is 25.4 Å². The summed E-state index contributed by atoms with van der Waals surface area (Å²) in [4.78, 5) is 2.41. The Kier molecular flexibility index (Phi) is 5.17. The third-order valence-corrected chi connectivity index (χ3v) is 4.09. The van der Waals surface area contributed by atoms with Gasteiger partial charge in [-0.3, -0.25) is 0 Å². The van der Waals surface area contributed by atoms with E-state index in [0.29, 0.717) is 18.0 Å². The van der Waals surface area contributed by atoms with E-state index in [4.69, 9.17) is 16.3 Å². The zero-order chi connectivity index (χ0) is 14.7. The van der Waals surface area contributed by atoms with Crippen LogP contribution in [0.4, 0.5) is 5.69 Å². The summed E-state index contributed by atoms with van der Waals surface area (Å²) < 4.78 is 5.50. The number of halogens is 1. The van der Waals surface area contributed by atoms with Gasteiger partial charge in [0, 0.05) is 30.2 Å². The van der Waals surface area contributed by atoms with Crippen molar-refractivity contribution in [3.63, 3.8) is 0 Å². The quantitative estimate of drug-likeness (QED) is 0.919. The van der Waals surface area contributed by atoms with Gasteiger partial charge in [0.1, 0.15) is 5.75 Å². The van der Waals surface area contributed by atoms with E-state index in [1.54, 1.807) is 7.11 Å². The molecule has 0 aromatic heterocycles. The number of nitrogens with zero attached hydrogens (tertiary/aromatic N) is 1. The summed E-state index contributed by atoms with van der Waals surface area (Å²) in [5.74, 6) is 1.59. The van der Waals surface area contributed by atoms with Gasteiger partial charge in [-0.05, 0) is 37.5 Å². The minimum atomic E-state index is 0.436. The van der Waals surface area contributed by atoms with Gasteiger partial charge in [0.2, 0.25) is 0 Å². The van der Waals surface area contributed by atoms with Gasteiger partial charge in [0.05, 0.1) is 12.8 Å². The van der Waals surface area contributed by atoms with Gasteiger partial charge in [-0.15, -0.1) is 0 Å². The molecule has 3 nitrogen and oxygen atoms in total. The molecule has 2 atom stereocenters. The van der Waals surface area contributed by atoms with Crippen molar-refractivity contribution >= 4 is 17.3 Å². The van der Waals surface area contributed by atoms with Crippen LogP contribution in [0.2, 0.25) is 5.02 Å². The molecule has 0 spiro atoms. The van der Waals surface area contributed by atoms with Gasteiger partial charge >= 0.3 is 0 Å². The summed E-state index contributed by atoms with van der Waals surface area (Å²) in [5, 5.41) is 4.39. The van der Waals surface area contributed by atoms with E-state index in [2.05, 4.69) is 31.0 Å². The van der Waals surface area contributed by atoms with E-state index >= 15 is 0 Å². The van der Waals surface area contributed by atoms with E-state index in [1.807, 2.05) is 18.2 Å². The van der Waals surface area contributed by atoms with Gasteiger partial charge in [0.15, 0.2) is 0 Å². The maximum atomic E-state index is 6.16. The molecular weight excluding hydrogens is 272 g/mol. The van der Waals surface area contributed by atoms with Crippen LogP contribution in [0.15, 0.2) is 18.2 Å². The van der Waals surface area contributed by atoms with Crippen LogP contribution in [0.1, 0.15) is 27.2 Å². The number of methoxy groups -OCH3 is 1. The van der Waals surface area contributed by atoms with E-state index < -0.39 is 0 Å². The molecule has 2 unspecified atom stereocenters. The van der Waals surface area contributed by atoms with Crippen molar-refractivity contribution < 1.29 is 4.74 Å². The predicted molar refractivity (Wildman–Crippen MR) is 86.1 cm³/mol. The molecular formula is C16H25ClN2O. The molecule has 1 aromatic rings. The van der Waals surface area contributed by atoms with Crippen LogP contribution in [-0.2, 0) is 0 Å². The van der Waals surface area contributed by atoms with Crippen LogP contribution >= 0.6 is 11.6 Å². The van der Waals surface area contributed by atoms with E-state index in [1.165, 1.54) is 6.42 Å². The highest BCUT2D eigenvalue weighted by Crippen LogP contribution is 2.33. The maximum absolute atomic E-state index is 6.16. The normalized spacial score (nSPS) is 23.2. The number of benzene rings is 1. The van der Waals surface area contributed by atoms with Crippen LogP contribution in [0.25, 0.3) is 0 Å². The molecule has 20 heavy (non-hydrogen) atoms. The Morgan fingerprint density at radius 1 is 1.45 bits per heavy atom. The summed E-state index contributed by atoms with van der Waals surface area (Å²) in [7, 11) is 1.71.